The maximum atomic E-state index is 12.2. The van der Waals surface area contributed by atoms with Gasteiger partial charge in [0.2, 0.25) is 0 Å². The lowest BCUT2D eigenvalue weighted by Gasteiger charge is -2.06. The molecule has 0 aliphatic carbocycles. The van der Waals surface area contributed by atoms with E-state index in [1.807, 2.05) is 0 Å². The molecule has 0 aromatic heterocycles. The molecule has 7 heteroatoms. The smallest absolute Gasteiger partial charge is 0.314 e. The van der Waals surface area contributed by atoms with Crippen LogP contribution in [-0.4, -0.2) is 38.4 Å². The van der Waals surface area contributed by atoms with Crippen molar-refractivity contribution in [2.75, 3.05) is 18.8 Å². The molecule has 2 amide bonds. The van der Waals surface area contributed by atoms with E-state index < -0.39 is 9.84 Å². The van der Waals surface area contributed by atoms with Gasteiger partial charge in [0, 0.05) is 13.1 Å². The first-order chi connectivity index (χ1) is 14.0. The third kappa shape index (κ3) is 11.5. The van der Waals surface area contributed by atoms with Crippen LogP contribution in [0.15, 0.2) is 41.3 Å². The van der Waals surface area contributed by atoms with Crippen molar-refractivity contribution in [1.82, 2.24) is 10.6 Å². The lowest BCUT2D eigenvalue weighted by molar-refractivity contribution is 0.240. The molecule has 29 heavy (non-hydrogen) atoms. The number of hydrogen-bond donors (Lipinski definition) is 3. The highest BCUT2D eigenvalue weighted by Crippen LogP contribution is 2.23. The van der Waals surface area contributed by atoms with Gasteiger partial charge in [-0.15, -0.1) is 0 Å². The Balaban J connectivity index is 2.02. The van der Waals surface area contributed by atoms with E-state index in [0.29, 0.717) is 13.0 Å². The maximum Gasteiger partial charge on any atom is 0.314 e. The Morgan fingerprint density at radius 2 is 1.52 bits per heavy atom. The van der Waals surface area contributed by atoms with Crippen molar-refractivity contribution < 1.29 is 18.3 Å². The number of hydrogen-bond acceptors (Lipinski definition) is 4. The molecule has 1 rings (SSSR count). The van der Waals surface area contributed by atoms with E-state index in [9.17, 15) is 18.3 Å². The zero-order valence-corrected chi connectivity index (χ0v) is 18.3. The standard InChI is InChI=1S/C22H36N2O4S/c1-2-3-12-17-23-22(26)24-18-13-8-6-4-5-7-9-14-19-29(27,28)21-16-11-10-15-20(21)25/h4-5,10-11,15-16,25H,2-3,6-9,12-14,17-19H2,1H3,(H2,23,24,26). The van der Waals surface area contributed by atoms with E-state index in [1.54, 1.807) is 12.1 Å². The molecule has 0 saturated carbocycles. The number of phenols is 1. The zero-order valence-electron chi connectivity index (χ0n) is 17.5. The van der Waals surface area contributed by atoms with Crippen LogP contribution >= 0.6 is 0 Å². The first-order valence-corrected chi connectivity index (χ1v) is 12.3. The van der Waals surface area contributed by atoms with Crippen LogP contribution in [0.25, 0.3) is 0 Å². The SMILES string of the molecule is CCCCCNC(=O)NCCCCC=CCCCCS(=O)(=O)c1ccccc1O. The minimum Gasteiger partial charge on any atom is -0.507 e. The van der Waals surface area contributed by atoms with Crippen molar-refractivity contribution >= 4 is 15.9 Å². The number of carbonyl (C=O) groups is 1. The molecular weight excluding hydrogens is 388 g/mol. The second kappa shape index (κ2) is 14.9. The third-order valence-corrected chi connectivity index (χ3v) is 6.39. The zero-order chi connectivity index (χ0) is 21.4. The highest BCUT2D eigenvalue weighted by molar-refractivity contribution is 7.91. The van der Waals surface area contributed by atoms with Crippen molar-refractivity contribution in [1.29, 1.82) is 0 Å². The van der Waals surface area contributed by atoms with Gasteiger partial charge in [-0.25, -0.2) is 13.2 Å². The number of nitrogens with one attached hydrogen (secondary N) is 2. The predicted octanol–water partition coefficient (Wildman–Crippen LogP) is 4.55. The lowest BCUT2D eigenvalue weighted by atomic mass is 10.2. The Bertz CT molecular complexity index is 717. The van der Waals surface area contributed by atoms with Crippen LogP contribution in [0.4, 0.5) is 4.79 Å². The van der Waals surface area contributed by atoms with Crippen molar-refractivity contribution in [2.45, 2.75) is 69.6 Å². The maximum absolute atomic E-state index is 12.2. The number of carbonyl (C=O) groups excluding carboxylic acids is 1. The van der Waals surface area contributed by atoms with Crippen LogP contribution in [-0.2, 0) is 9.84 Å². The van der Waals surface area contributed by atoms with Gasteiger partial charge in [-0.05, 0) is 57.1 Å². The summed E-state index contributed by atoms with van der Waals surface area (Å²) in [7, 11) is -3.43. The van der Waals surface area contributed by atoms with E-state index in [0.717, 1.165) is 57.9 Å². The van der Waals surface area contributed by atoms with Crippen molar-refractivity contribution in [3.05, 3.63) is 36.4 Å². The molecule has 0 heterocycles. The summed E-state index contributed by atoms with van der Waals surface area (Å²) in [6.07, 6.45) is 12.6. The van der Waals surface area contributed by atoms with Crippen LogP contribution in [0, 0.1) is 0 Å². The number of aromatic hydroxyl groups is 1. The van der Waals surface area contributed by atoms with E-state index in [4.69, 9.17) is 0 Å². The van der Waals surface area contributed by atoms with Crippen molar-refractivity contribution in [3.8, 4) is 5.75 Å². The molecule has 1 aromatic carbocycles. The highest BCUT2D eigenvalue weighted by atomic mass is 32.2. The van der Waals surface area contributed by atoms with Gasteiger partial charge in [-0.1, -0.05) is 44.1 Å². The molecule has 0 atom stereocenters. The summed E-state index contributed by atoms with van der Waals surface area (Å²) < 4.78 is 24.4. The Morgan fingerprint density at radius 3 is 2.14 bits per heavy atom. The molecule has 0 aliphatic heterocycles. The van der Waals surface area contributed by atoms with E-state index in [-0.39, 0.29) is 22.4 Å². The number of phenolic OH excluding ortho intramolecular Hbond substituents is 1. The minimum absolute atomic E-state index is 0.0128. The fourth-order valence-corrected chi connectivity index (χ4v) is 4.33. The van der Waals surface area contributed by atoms with Gasteiger partial charge in [-0.3, -0.25) is 0 Å². The van der Waals surface area contributed by atoms with E-state index in [1.165, 1.54) is 12.1 Å². The average molecular weight is 425 g/mol. The van der Waals surface area contributed by atoms with Crippen molar-refractivity contribution in [3.63, 3.8) is 0 Å². The molecule has 3 N–H and O–H groups in total. The topological polar surface area (TPSA) is 95.5 Å². The van der Waals surface area contributed by atoms with Gasteiger partial charge in [0.05, 0.1) is 5.75 Å². The fraction of sp³-hybridized carbons (Fsp3) is 0.591. The van der Waals surface area contributed by atoms with E-state index >= 15 is 0 Å². The summed E-state index contributed by atoms with van der Waals surface area (Å²) in [5, 5.41) is 15.4. The predicted molar refractivity (Wildman–Crippen MR) is 118 cm³/mol. The van der Waals surface area contributed by atoms with Crippen LogP contribution in [0.5, 0.6) is 5.75 Å². The molecule has 0 bridgehead atoms. The monoisotopic (exact) mass is 424 g/mol. The number of sulfone groups is 1. The molecule has 0 unspecified atom stereocenters. The lowest BCUT2D eigenvalue weighted by Crippen LogP contribution is -2.36. The Morgan fingerprint density at radius 1 is 0.931 bits per heavy atom. The Hall–Kier alpha value is -2.02. The summed E-state index contributed by atoms with van der Waals surface area (Å²) in [6, 6.07) is 5.97. The second-order valence-electron chi connectivity index (χ2n) is 7.14. The molecule has 164 valence electrons. The quantitative estimate of drug-likeness (QED) is 0.284. The molecule has 1 aromatic rings. The van der Waals surface area contributed by atoms with Crippen LogP contribution < -0.4 is 10.6 Å². The summed E-state index contributed by atoms with van der Waals surface area (Å²) in [5.74, 6) is -0.138. The largest absolute Gasteiger partial charge is 0.507 e. The van der Waals surface area contributed by atoms with Crippen LogP contribution in [0.3, 0.4) is 0 Å². The molecule has 0 saturated heterocycles. The molecule has 0 aliphatic rings. The number of rotatable bonds is 15. The first-order valence-electron chi connectivity index (χ1n) is 10.6. The first kappa shape index (κ1) is 25.0. The van der Waals surface area contributed by atoms with Gasteiger partial charge < -0.3 is 15.7 Å². The van der Waals surface area contributed by atoms with Gasteiger partial charge in [-0.2, -0.15) is 0 Å². The Labute approximate surface area is 175 Å². The Kier molecular flexibility index (Phi) is 12.9. The normalized spacial score (nSPS) is 11.6. The summed E-state index contributed by atoms with van der Waals surface area (Å²) in [6.45, 7) is 3.55. The number of para-hydroxylation sites is 1. The van der Waals surface area contributed by atoms with Crippen LogP contribution in [0.2, 0.25) is 0 Å². The molecule has 0 fully saturated rings. The fourth-order valence-electron chi connectivity index (χ4n) is 2.85. The summed E-state index contributed by atoms with van der Waals surface area (Å²) in [4.78, 5) is 11.5. The van der Waals surface area contributed by atoms with Crippen molar-refractivity contribution in [2.24, 2.45) is 0 Å². The third-order valence-electron chi connectivity index (χ3n) is 4.55. The second-order valence-corrected chi connectivity index (χ2v) is 9.22. The number of allylic oxidation sites excluding steroid dienone is 2. The molecular formula is C22H36N2O4S. The molecule has 0 radical (unpaired) electrons. The van der Waals surface area contributed by atoms with Gasteiger partial charge in [0.15, 0.2) is 9.84 Å². The summed E-state index contributed by atoms with van der Waals surface area (Å²) in [5.41, 5.74) is 0. The average Bonchev–Trinajstić information content (AvgIpc) is 2.69. The summed E-state index contributed by atoms with van der Waals surface area (Å²) >= 11 is 0. The van der Waals surface area contributed by atoms with Crippen LogP contribution in [0.1, 0.15) is 64.7 Å². The van der Waals surface area contributed by atoms with Gasteiger partial charge in [0.25, 0.3) is 0 Å². The number of unbranched alkanes of at least 4 members (excludes halogenated alkanes) is 6. The molecule has 6 nitrogen and oxygen atoms in total. The van der Waals surface area contributed by atoms with Gasteiger partial charge >= 0.3 is 6.03 Å². The minimum atomic E-state index is -3.43. The van der Waals surface area contributed by atoms with Gasteiger partial charge in [0.1, 0.15) is 10.6 Å². The van der Waals surface area contributed by atoms with E-state index in [2.05, 4.69) is 29.7 Å². The molecule has 0 spiro atoms. The number of benzene rings is 1. The number of amides is 2. The number of urea groups is 1. The highest BCUT2D eigenvalue weighted by Gasteiger charge is 2.17.